The molecule has 1 saturated heterocycles. The molecular formula is C13H25NOS. The molecule has 16 heavy (non-hydrogen) atoms. The van der Waals surface area contributed by atoms with Gasteiger partial charge in [-0.05, 0) is 36.3 Å². The SMILES string of the molecule is CC1(C)CCSCC1NCC1CCCC1O. The zero-order valence-electron chi connectivity index (χ0n) is 10.5. The fourth-order valence-electron chi connectivity index (χ4n) is 2.82. The van der Waals surface area contributed by atoms with Gasteiger partial charge in [-0.15, -0.1) is 0 Å². The van der Waals surface area contributed by atoms with Crippen molar-refractivity contribution in [3.05, 3.63) is 0 Å². The summed E-state index contributed by atoms with van der Waals surface area (Å²) in [6, 6.07) is 0.624. The first-order valence-electron chi connectivity index (χ1n) is 6.59. The van der Waals surface area contributed by atoms with Crippen LogP contribution in [0.25, 0.3) is 0 Å². The number of hydrogen-bond donors (Lipinski definition) is 2. The molecule has 0 aromatic rings. The minimum Gasteiger partial charge on any atom is -0.393 e. The van der Waals surface area contributed by atoms with Gasteiger partial charge in [-0.25, -0.2) is 0 Å². The van der Waals surface area contributed by atoms with Crippen LogP contribution in [-0.2, 0) is 0 Å². The predicted molar refractivity (Wildman–Crippen MR) is 70.9 cm³/mol. The Labute approximate surface area is 104 Å². The normalized spacial score (nSPS) is 38.8. The number of hydrogen-bond acceptors (Lipinski definition) is 3. The van der Waals surface area contributed by atoms with Gasteiger partial charge in [0.1, 0.15) is 0 Å². The van der Waals surface area contributed by atoms with E-state index in [2.05, 4.69) is 30.9 Å². The molecule has 0 radical (unpaired) electrons. The van der Waals surface area contributed by atoms with Crippen molar-refractivity contribution >= 4 is 11.8 Å². The van der Waals surface area contributed by atoms with E-state index in [1.807, 2.05) is 0 Å². The third-order valence-corrected chi connectivity index (χ3v) is 5.43. The van der Waals surface area contributed by atoms with Crippen LogP contribution in [-0.4, -0.2) is 35.3 Å². The van der Waals surface area contributed by atoms with Gasteiger partial charge in [-0.3, -0.25) is 0 Å². The lowest BCUT2D eigenvalue weighted by Crippen LogP contribution is -2.48. The molecular weight excluding hydrogens is 218 g/mol. The standard InChI is InChI=1S/C13H25NOS/c1-13(2)6-7-16-9-12(13)14-8-10-4-3-5-11(10)15/h10-12,14-15H,3-9H2,1-2H3. The van der Waals surface area contributed by atoms with Crippen LogP contribution in [0.4, 0.5) is 0 Å². The number of thioether (sulfide) groups is 1. The molecule has 3 unspecified atom stereocenters. The van der Waals surface area contributed by atoms with Crippen LogP contribution in [0.2, 0.25) is 0 Å². The first kappa shape index (κ1) is 12.7. The van der Waals surface area contributed by atoms with Gasteiger partial charge in [0, 0.05) is 18.3 Å². The second kappa shape index (κ2) is 5.28. The number of aliphatic hydroxyl groups excluding tert-OH is 1. The van der Waals surface area contributed by atoms with Crippen LogP contribution in [0.5, 0.6) is 0 Å². The van der Waals surface area contributed by atoms with Crippen molar-refractivity contribution in [3.63, 3.8) is 0 Å². The van der Waals surface area contributed by atoms with Crippen molar-refractivity contribution in [1.82, 2.24) is 5.32 Å². The number of nitrogens with one attached hydrogen (secondary N) is 1. The molecule has 0 spiro atoms. The zero-order chi connectivity index (χ0) is 11.6. The van der Waals surface area contributed by atoms with E-state index in [-0.39, 0.29) is 6.10 Å². The molecule has 3 heteroatoms. The highest BCUT2D eigenvalue weighted by molar-refractivity contribution is 7.99. The Bertz CT molecular complexity index is 232. The van der Waals surface area contributed by atoms with E-state index >= 15 is 0 Å². The summed E-state index contributed by atoms with van der Waals surface area (Å²) in [4.78, 5) is 0. The lowest BCUT2D eigenvalue weighted by atomic mass is 9.82. The van der Waals surface area contributed by atoms with Gasteiger partial charge in [0.15, 0.2) is 0 Å². The lowest BCUT2D eigenvalue weighted by Gasteiger charge is -2.39. The molecule has 0 aromatic carbocycles. The van der Waals surface area contributed by atoms with Crippen LogP contribution in [0, 0.1) is 11.3 Å². The second-order valence-electron chi connectivity index (χ2n) is 6.03. The summed E-state index contributed by atoms with van der Waals surface area (Å²) in [5, 5.41) is 13.5. The molecule has 0 amide bonds. The summed E-state index contributed by atoms with van der Waals surface area (Å²) in [6.07, 6.45) is 4.68. The van der Waals surface area contributed by atoms with E-state index in [4.69, 9.17) is 0 Å². The quantitative estimate of drug-likeness (QED) is 0.797. The van der Waals surface area contributed by atoms with Gasteiger partial charge in [0.25, 0.3) is 0 Å². The van der Waals surface area contributed by atoms with Crippen molar-refractivity contribution in [1.29, 1.82) is 0 Å². The first-order chi connectivity index (χ1) is 7.59. The first-order valence-corrected chi connectivity index (χ1v) is 7.74. The zero-order valence-corrected chi connectivity index (χ0v) is 11.4. The minimum absolute atomic E-state index is 0.0492. The van der Waals surface area contributed by atoms with E-state index in [1.54, 1.807) is 0 Å². The average molecular weight is 243 g/mol. The molecule has 0 aromatic heterocycles. The Balaban J connectivity index is 1.80. The predicted octanol–water partition coefficient (Wildman–Crippen LogP) is 2.27. The molecule has 1 heterocycles. The summed E-state index contributed by atoms with van der Waals surface area (Å²) in [5.74, 6) is 3.04. The molecule has 0 bridgehead atoms. The smallest absolute Gasteiger partial charge is 0.0580 e. The maximum Gasteiger partial charge on any atom is 0.0580 e. The van der Waals surface area contributed by atoms with Crippen LogP contribution < -0.4 is 5.32 Å². The van der Waals surface area contributed by atoms with Gasteiger partial charge in [0.2, 0.25) is 0 Å². The molecule has 1 aliphatic heterocycles. The van der Waals surface area contributed by atoms with Crippen molar-refractivity contribution in [2.75, 3.05) is 18.1 Å². The summed E-state index contributed by atoms with van der Waals surface area (Å²) in [7, 11) is 0. The summed E-state index contributed by atoms with van der Waals surface area (Å²) in [5.41, 5.74) is 0.425. The third kappa shape index (κ3) is 2.93. The van der Waals surface area contributed by atoms with E-state index in [0.717, 1.165) is 13.0 Å². The highest BCUT2D eigenvalue weighted by Gasteiger charge is 2.33. The minimum atomic E-state index is -0.0492. The number of aliphatic hydroxyl groups is 1. The van der Waals surface area contributed by atoms with E-state index < -0.39 is 0 Å². The second-order valence-corrected chi connectivity index (χ2v) is 7.18. The molecule has 1 aliphatic carbocycles. The summed E-state index contributed by atoms with van der Waals surface area (Å²) >= 11 is 2.06. The molecule has 2 rings (SSSR count). The molecule has 94 valence electrons. The Morgan fingerprint density at radius 2 is 2.19 bits per heavy atom. The summed E-state index contributed by atoms with van der Waals surface area (Å²) in [6.45, 7) is 5.75. The van der Waals surface area contributed by atoms with E-state index in [9.17, 15) is 5.11 Å². The van der Waals surface area contributed by atoms with Gasteiger partial charge in [0.05, 0.1) is 6.10 Å². The molecule has 1 saturated carbocycles. The van der Waals surface area contributed by atoms with Crippen LogP contribution in [0.15, 0.2) is 0 Å². The van der Waals surface area contributed by atoms with Crippen molar-refractivity contribution in [2.24, 2.45) is 11.3 Å². The van der Waals surface area contributed by atoms with Gasteiger partial charge in [-0.1, -0.05) is 20.3 Å². The van der Waals surface area contributed by atoms with Crippen LogP contribution >= 0.6 is 11.8 Å². The monoisotopic (exact) mass is 243 g/mol. The highest BCUT2D eigenvalue weighted by atomic mass is 32.2. The lowest BCUT2D eigenvalue weighted by molar-refractivity contribution is 0.124. The van der Waals surface area contributed by atoms with Gasteiger partial charge >= 0.3 is 0 Å². The average Bonchev–Trinajstić information content (AvgIpc) is 2.62. The molecule has 2 fully saturated rings. The van der Waals surface area contributed by atoms with Crippen LogP contribution in [0.1, 0.15) is 39.5 Å². The summed E-state index contributed by atoms with van der Waals surface area (Å²) < 4.78 is 0. The molecule has 2 nitrogen and oxygen atoms in total. The fraction of sp³-hybridized carbons (Fsp3) is 1.00. The molecule has 2 aliphatic rings. The van der Waals surface area contributed by atoms with E-state index in [1.165, 1.54) is 30.8 Å². The molecule has 2 N–H and O–H groups in total. The topological polar surface area (TPSA) is 32.3 Å². The van der Waals surface area contributed by atoms with Crippen molar-refractivity contribution in [3.8, 4) is 0 Å². The number of rotatable bonds is 3. The largest absolute Gasteiger partial charge is 0.393 e. The molecule has 3 atom stereocenters. The van der Waals surface area contributed by atoms with Crippen LogP contribution in [0.3, 0.4) is 0 Å². The Morgan fingerprint density at radius 3 is 2.81 bits per heavy atom. The maximum atomic E-state index is 9.80. The van der Waals surface area contributed by atoms with E-state index in [0.29, 0.717) is 17.4 Å². The van der Waals surface area contributed by atoms with Gasteiger partial charge in [-0.2, -0.15) is 11.8 Å². The Hall–Kier alpha value is 0.270. The Morgan fingerprint density at radius 1 is 1.38 bits per heavy atom. The van der Waals surface area contributed by atoms with Gasteiger partial charge < -0.3 is 10.4 Å². The third-order valence-electron chi connectivity index (χ3n) is 4.36. The fourth-order valence-corrected chi connectivity index (χ4v) is 4.46. The van der Waals surface area contributed by atoms with Crippen molar-refractivity contribution < 1.29 is 5.11 Å². The highest BCUT2D eigenvalue weighted by Crippen LogP contribution is 2.34. The Kier molecular flexibility index (Phi) is 4.20. The maximum absolute atomic E-state index is 9.80. The van der Waals surface area contributed by atoms with Crippen molar-refractivity contribution in [2.45, 2.75) is 51.7 Å².